The SMILES string of the molecule is COCCCCCNC1CCC(N)CC1. The summed E-state index contributed by atoms with van der Waals surface area (Å²) >= 11 is 0. The number of unbranched alkanes of at least 4 members (excludes halogenated alkanes) is 2. The predicted octanol–water partition coefficient (Wildman–Crippen LogP) is 1.66. The molecule has 0 saturated heterocycles. The minimum atomic E-state index is 0.463. The van der Waals surface area contributed by atoms with E-state index in [0.29, 0.717) is 6.04 Å². The standard InChI is InChI=1S/C12H26N2O/c1-15-10-4-2-3-9-14-12-7-5-11(13)6-8-12/h11-12,14H,2-10,13H2,1H3. The Morgan fingerprint density at radius 1 is 1.13 bits per heavy atom. The molecule has 1 aliphatic rings. The third-order valence-electron chi connectivity index (χ3n) is 3.23. The molecule has 0 atom stereocenters. The lowest BCUT2D eigenvalue weighted by Gasteiger charge is -2.26. The second-order valence-electron chi connectivity index (χ2n) is 4.62. The van der Waals surface area contributed by atoms with E-state index in [1.54, 1.807) is 7.11 Å². The molecule has 1 aliphatic carbocycles. The van der Waals surface area contributed by atoms with E-state index in [9.17, 15) is 0 Å². The summed E-state index contributed by atoms with van der Waals surface area (Å²) in [7, 11) is 1.77. The van der Waals surface area contributed by atoms with Crippen LogP contribution < -0.4 is 11.1 Å². The number of hydrogen-bond acceptors (Lipinski definition) is 3. The van der Waals surface area contributed by atoms with Gasteiger partial charge in [-0.25, -0.2) is 0 Å². The molecule has 0 amide bonds. The zero-order chi connectivity index (χ0) is 10.9. The maximum absolute atomic E-state index is 5.86. The summed E-state index contributed by atoms with van der Waals surface area (Å²) in [5, 5.41) is 3.62. The van der Waals surface area contributed by atoms with Gasteiger partial charge in [0.1, 0.15) is 0 Å². The van der Waals surface area contributed by atoms with Gasteiger partial charge in [0.05, 0.1) is 0 Å². The van der Waals surface area contributed by atoms with Crippen LogP contribution in [0.5, 0.6) is 0 Å². The Balaban J connectivity index is 1.87. The molecule has 0 aromatic rings. The highest BCUT2D eigenvalue weighted by molar-refractivity contribution is 4.78. The van der Waals surface area contributed by atoms with Gasteiger partial charge >= 0.3 is 0 Å². The van der Waals surface area contributed by atoms with E-state index >= 15 is 0 Å². The van der Waals surface area contributed by atoms with Gasteiger partial charge in [0.25, 0.3) is 0 Å². The van der Waals surface area contributed by atoms with Crippen molar-refractivity contribution in [3.63, 3.8) is 0 Å². The molecule has 0 heterocycles. The molecule has 3 N–H and O–H groups in total. The number of nitrogens with one attached hydrogen (secondary N) is 1. The van der Waals surface area contributed by atoms with Gasteiger partial charge in [-0.3, -0.25) is 0 Å². The highest BCUT2D eigenvalue weighted by Gasteiger charge is 2.17. The summed E-state index contributed by atoms with van der Waals surface area (Å²) in [5.41, 5.74) is 5.86. The van der Waals surface area contributed by atoms with E-state index in [1.807, 2.05) is 0 Å². The lowest BCUT2D eigenvalue weighted by molar-refractivity contribution is 0.192. The van der Waals surface area contributed by atoms with Crippen LogP contribution in [0.2, 0.25) is 0 Å². The van der Waals surface area contributed by atoms with Crippen LogP contribution in [0, 0.1) is 0 Å². The summed E-state index contributed by atoms with van der Waals surface area (Å²) in [4.78, 5) is 0. The molecule has 0 aliphatic heterocycles. The van der Waals surface area contributed by atoms with Crippen LogP contribution in [-0.2, 0) is 4.74 Å². The van der Waals surface area contributed by atoms with Crippen LogP contribution in [0.4, 0.5) is 0 Å². The maximum atomic E-state index is 5.86. The van der Waals surface area contributed by atoms with Crippen molar-refractivity contribution in [2.24, 2.45) is 5.73 Å². The van der Waals surface area contributed by atoms with Gasteiger partial charge < -0.3 is 15.8 Å². The van der Waals surface area contributed by atoms with Gasteiger partial charge in [0, 0.05) is 25.8 Å². The number of rotatable bonds is 7. The van der Waals surface area contributed by atoms with Crippen molar-refractivity contribution in [2.45, 2.75) is 57.0 Å². The van der Waals surface area contributed by atoms with Crippen LogP contribution >= 0.6 is 0 Å². The van der Waals surface area contributed by atoms with E-state index in [2.05, 4.69) is 5.32 Å². The highest BCUT2D eigenvalue weighted by Crippen LogP contribution is 2.16. The van der Waals surface area contributed by atoms with Crippen LogP contribution in [0.1, 0.15) is 44.9 Å². The summed E-state index contributed by atoms with van der Waals surface area (Å²) in [6, 6.07) is 1.19. The smallest absolute Gasteiger partial charge is 0.0462 e. The zero-order valence-corrected chi connectivity index (χ0v) is 10.0. The Kier molecular flexibility index (Phi) is 6.98. The Labute approximate surface area is 93.8 Å². The van der Waals surface area contributed by atoms with Gasteiger partial charge in [0.15, 0.2) is 0 Å². The molecule has 0 spiro atoms. The first kappa shape index (κ1) is 12.9. The molecule has 3 nitrogen and oxygen atoms in total. The van der Waals surface area contributed by atoms with Gasteiger partial charge in [-0.1, -0.05) is 0 Å². The first-order valence-corrected chi connectivity index (χ1v) is 6.31. The maximum Gasteiger partial charge on any atom is 0.0462 e. The second-order valence-corrected chi connectivity index (χ2v) is 4.62. The molecule has 1 fully saturated rings. The fourth-order valence-corrected chi connectivity index (χ4v) is 2.18. The number of methoxy groups -OCH3 is 1. The molecule has 0 unspecified atom stereocenters. The largest absolute Gasteiger partial charge is 0.385 e. The minimum absolute atomic E-state index is 0.463. The molecular formula is C12H26N2O. The molecule has 1 rings (SSSR count). The fraction of sp³-hybridized carbons (Fsp3) is 1.00. The van der Waals surface area contributed by atoms with Crippen molar-refractivity contribution in [1.29, 1.82) is 0 Å². The Hall–Kier alpha value is -0.120. The molecule has 15 heavy (non-hydrogen) atoms. The van der Waals surface area contributed by atoms with Gasteiger partial charge in [0.2, 0.25) is 0 Å². The van der Waals surface area contributed by atoms with Crippen LogP contribution in [0.25, 0.3) is 0 Å². The van der Waals surface area contributed by atoms with Crippen molar-refractivity contribution in [2.75, 3.05) is 20.3 Å². The quantitative estimate of drug-likeness (QED) is 0.634. The van der Waals surface area contributed by atoms with Crippen molar-refractivity contribution in [1.82, 2.24) is 5.32 Å². The van der Waals surface area contributed by atoms with Crippen molar-refractivity contribution in [3.05, 3.63) is 0 Å². The average molecular weight is 214 g/mol. The fourth-order valence-electron chi connectivity index (χ4n) is 2.18. The molecule has 0 aromatic heterocycles. The number of hydrogen-bond donors (Lipinski definition) is 2. The van der Waals surface area contributed by atoms with Crippen molar-refractivity contribution < 1.29 is 4.74 Å². The first-order valence-electron chi connectivity index (χ1n) is 6.31. The van der Waals surface area contributed by atoms with Crippen molar-refractivity contribution in [3.8, 4) is 0 Å². The van der Waals surface area contributed by atoms with Crippen LogP contribution in [-0.4, -0.2) is 32.3 Å². The minimum Gasteiger partial charge on any atom is -0.385 e. The predicted molar refractivity (Wildman–Crippen MR) is 64.0 cm³/mol. The summed E-state index contributed by atoms with van der Waals surface area (Å²) in [5.74, 6) is 0. The van der Waals surface area contributed by atoms with E-state index < -0.39 is 0 Å². The van der Waals surface area contributed by atoms with Gasteiger partial charge in [-0.15, -0.1) is 0 Å². The Bertz CT molecular complexity index is 145. The monoisotopic (exact) mass is 214 g/mol. The van der Waals surface area contributed by atoms with Gasteiger partial charge in [-0.2, -0.15) is 0 Å². The Morgan fingerprint density at radius 2 is 1.87 bits per heavy atom. The lowest BCUT2D eigenvalue weighted by atomic mass is 9.92. The summed E-state index contributed by atoms with van der Waals surface area (Å²) in [6.45, 7) is 2.06. The molecule has 0 bridgehead atoms. The number of ether oxygens (including phenoxy) is 1. The van der Waals surface area contributed by atoms with E-state index in [0.717, 1.165) is 19.2 Å². The van der Waals surface area contributed by atoms with Gasteiger partial charge in [-0.05, 0) is 51.5 Å². The van der Waals surface area contributed by atoms with Crippen LogP contribution in [0.15, 0.2) is 0 Å². The molecule has 0 radical (unpaired) electrons. The van der Waals surface area contributed by atoms with E-state index in [1.165, 1.54) is 44.9 Å². The Morgan fingerprint density at radius 3 is 2.53 bits per heavy atom. The molecule has 90 valence electrons. The highest BCUT2D eigenvalue weighted by atomic mass is 16.5. The molecule has 3 heteroatoms. The summed E-state index contributed by atoms with van der Waals surface area (Å²) < 4.78 is 5.02. The topological polar surface area (TPSA) is 47.3 Å². The zero-order valence-electron chi connectivity index (χ0n) is 10.0. The van der Waals surface area contributed by atoms with E-state index in [-0.39, 0.29) is 0 Å². The molecule has 1 saturated carbocycles. The normalized spacial score (nSPS) is 26.8. The molecular weight excluding hydrogens is 188 g/mol. The second kappa shape index (κ2) is 8.08. The van der Waals surface area contributed by atoms with Crippen molar-refractivity contribution >= 4 is 0 Å². The third-order valence-corrected chi connectivity index (χ3v) is 3.23. The first-order chi connectivity index (χ1) is 7.33. The third kappa shape index (κ3) is 6.13. The molecule has 0 aromatic carbocycles. The summed E-state index contributed by atoms with van der Waals surface area (Å²) in [6.07, 6.45) is 8.65. The van der Waals surface area contributed by atoms with E-state index in [4.69, 9.17) is 10.5 Å². The van der Waals surface area contributed by atoms with Crippen LogP contribution in [0.3, 0.4) is 0 Å². The lowest BCUT2D eigenvalue weighted by Crippen LogP contribution is -2.37. The number of nitrogens with two attached hydrogens (primary N) is 1. The average Bonchev–Trinajstić information content (AvgIpc) is 2.26.